The minimum Gasteiger partial charge on any atom is -0.493 e. The van der Waals surface area contributed by atoms with E-state index in [4.69, 9.17) is 32.7 Å². The first-order valence-electron chi connectivity index (χ1n) is 7.55. The first kappa shape index (κ1) is 17.6. The van der Waals surface area contributed by atoms with Crippen LogP contribution in [-0.4, -0.2) is 31.4 Å². The molecule has 5 nitrogen and oxygen atoms in total. The molecule has 0 N–H and O–H groups in total. The lowest BCUT2D eigenvalue weighted by atomic mass is 9.98. The first-order chi connectivity index (χ1) is 12.1. The molecule has 0 spiro atoms. The van der Waals surface area contributed by atoms with Crippen LogP contribution in [0, 0.1) is 0 Å². The molecule has 130 valence electrons. The Morgan fingerprint density at radius 1 is 1.08 bits per heavy atom. The zero-order valence-corrected chi connectivity index (χ0v) is 15.2. The summed E-state index contributed by atoms with van der Waals surface area (Å²) in [6.45, 7) is 0. The maximum atomic E-state index is 11.5. The van der Waals surface area contributed by atoms with Gasteiger partial charge in [-0.1, -0.05) is 35.3 Å². The van der Waals surface area contributed by atoms with E-state index >= 15 is 0 Å². The van der Waals surface area contributed by atoms with Gasteiger partial charge in [-0.2, -0.15) is 5.10 Å². The number of nitrogens with zero attached hydrogens (tertiary/aromatic N) is 2. The van der Waals surface area contributed by atoms with Crippen molar-refractivity contribution in [3.05, 3.63) is 57.6 Å². The lowest BCUT2D eigenvalue weighted by Gasteiger charge is -2.19. The van der Waals surface area contributed by atoms with Gasteiger partial charge in [0.05, 0.1) is 36.0 Å². The zero-order valence-electron chi connectivity index (χ0n) is 13.7. The number of hydrogen-bond acceptors (Lipinski definition) is 4. The molecule has 0 aliphatic carbocycles. The second-order valence-electron chi connectivity index (χ2n) is 5.50. The monoisotopic (exact) mass is 378 g/mol. The van der Waals surface area contributed by atoms with E-state index in [0.717, 1.165) is 16.8 Å². The quantitative estimate of drug-likeness (QED) is 0.728. The highest BCUT2D eigenvalue weighted by Crippen LogP contribution is 2.37. The van der Waals surface area contributed by atoms with E-state index in [1.807, 2.05) is 24.3 Å². The maximum Gasteiger partial charge on any atom is 0.230 e. The van der Waals surface area contributed by atoms with E-state index in [1.54, 1.807) is 26.4 Å². The Bertz CT molecular complexity index is 839. The summed E-state index contributed by atoms with van der Waals surface area (Å²) in [6, 6.07) is 10.7. The normalized spacial score (nSPS) is 16.6. The summed E-state index contributed by atoms with van der Waals surface area (Å²) in [4.78, 5) is 11.5. The summed E-state index contributed by atoms with van der Waals surface area (Å²) in [5, 5.41) is 6.75. The van der Waals surface area contributed by atoms with Crippen LogP contribution in [0.25, 0.3) is 0 Å². The van der Waals surface area contributed by atoms with E-state index in [9.17, 15) is 4.79 Å². The van der Waals surface area contributed by atoms with Crippen molar-refractivity contribution >= 4 is 35.3 Å². The van der Waals surface area contributed by atoms with E-state index in [2.05, 4.69) is 5.10 Å². The van der Waals surface area contributed by atoms with Crippen LogP contribution in [0.3, 0.4) is 0 Å². The Morgan fingerprint density at radius 3 is 2.48 bits per heavy atom. The number of benzene rings is 2. The topological polar surface area (TPSA) is 51.1 Å². The van der Waals surface area contributed by atoms with Crippen LogP contribution in [0.4, 0.5) is 0 Å². The minimum atomic E-state index is -0.221. The average molecular weight is 379 g/mol. The standard InChI is InChI=1S/C18H16Cl2N2O3/c1-24-17-6-4-12(8-18(17)25-2)16-9-15(21-22(16)10-23)11-3-5-13(19)14(20)7-11/h3-8,10,16H,9H2,1-2H3. The number of amides is 1. The van der Waals surface area contributed by atoms with E-state index in [-0.39, 0.29) is 6.04 Å². The summed E-state index contributed by atoms with van der Waals surface area (Å²) in [7, 11) is 3.15. The summed E-state index contributed by atoms with van der Waals surface area (Å²) in [5.41, 5.74) is 2.51. The van der Waals surface area contributed by atoms with E-state index in [0.29, 0.717) is 34.4 Å². The summed E-state index contributed by atoms with van der Waals surface area (Å²) in [5.74, 6) is 1.24. The van der Waals surface area contributed by atoms with Crippen molar-refractivity contribution in [1.82, 2.24) is 5.01 Å². The second-order valence-corrected chi connectivity index (χ2v) is 6.31. The molecule has 1 atom stereocenters. The van der Waals surface area contributed by atoms with Gasteiger partial charge in [-0.05, 0) is 35.4 Å². The van der Waals surface area contributed by atoms with Crippen LogP contribution in [-0.2, 0) is 4.79 Å². The van der Waals surface area contributed by atoms with Gasteiger partial charge in [0.1, 0.15) is 0 Å². The molecule has 3 rings (SSSR count). The largest absolute Gasteiger partial charge is 0.493 e. The molecule has 1 amide bonds. The van der Waals surface area contributed by atoms with E-state index < -0.39 is 0 Å². The van der Waals surface area contributed by atoms with Crippen molar-refractivity contribution < 1.29 is 14.3 Å². The molecule has 0 saturated heterocycles. The Morgan fingerprint density at radius 2 is 1.84 bits per heavy atom. The molecule has 1 unspecified atom stereocenters. The molecule has 0 bridgehead atoms. The fourth-order valence-corrected chi connectivity index (χ4v) is 3.10. The number of carbonyl (C=O) groups is 1. The van der Waals surface area contributed by atoms with Gasteiger partial charge in [0.15, 0.2) is 11.5 Å². The molecule has 0 fully saturated rings. The summed E-state index contributed by atoms with van der Waals surface area (Å²) >= 11 is 12.1. The lowest BCUT2D eigenvalue weighted by molar-refractivity contribution is -0.119. The van der Waals surface area contributed by atoms with Crippen LogP contribution in [0.2, 0.25) is 10.0 Å². The molecule has 2 aromatic rings. The number of carbonyl (C=O) groups excluding carboxylic acids is 1. The van der Waals surface area contributed by atoms with Crippen LogP contribution >= 0.6 is 23.2 Å². The Hall–Kier alpha value is -2.24. The fraction of sp³-hybridized carbons (Fsp3) is 0.222. The summed E-state index contributed by atoms with van der Waals surface area (Å²) < 4.78 is 10.6. The molecular formula is C18H16Cl2N2O3. The SMILES string of the molecule is COc1ccc(C2CC(c3ccc(Cl)c(Cl)c3)=NN2C=O)cc1OC. The van der Waals surface area contributed by atoms with Crippen LogP contribution in [0.5, 0.6) is 11.5 Å². The molecule has 1 heterocycles. The Labute approximate surface area is 155 Å². The Kier molecular flexibility index (Phi) is 5.16. The highest BCUT2D eigenvalue weighted by Gasteiger charge is 2.29. The molecule has 1 aliphatic rings. The maximum absolute atomic E-state index is 11.5. The first-order valence-corrected chi connectivity index (χ1v) is 8.31. The van der Waals surface area contributed by atoms with Gasteiger partial charge in [0.2, 0.25) is 6.41 Å². The van der Waals surface area contributed by atoms with Crippen molar-refractivity contribution in [3.8, 4) is 11.5 Å². The molecule has 0 saturated carbocycles. The zero-order chi connectivity index (χ0) is 18.0. The molecule has 1 aliphatic heterocycles. The van der Waals surface area contributed by atoms with Crippen LogP contribution in [0.1, 0.15) is 23.6 Å². The number of halogens is 2. The van der Waals surface area contributed by atoms with Gasteiger partial charge in [0, 0.05) is 6.42 Å². The third-order valence-corrected chi connectivity index (χ3v) is 4.83. The predicted octanol–water partition coefficient (Wildman–Crippen LogP) is 4.32. The molecule has 0 aromatic heterocycles. The van der Waals surface area contributed by atoms with Gasteiger partial charge in [0.25, 0.3) is 0 Å². The van der Waals surface area contributed by atoms with Crippen LogP contribution < -0.4 is 9.47 Å². The number of rotatable bonds is 5. The molecule has 7 heteroatoms. The van der Waals surface area contributed by atoms with Crippen molar-refractivity contribution in [2.45, 2.75) is 12.5 Å². The number of methoxy groups -OCH3 is 2. The Balaban J connectivity index is 1.92. The van der Waals surface area contributed by atoms with Gasteiger partial charge in [-0.25, -0.2) is 5.01 Å². The van der Waals surface area contributed by atoms with Gasteiger partial charge < -0.3 is 9.47 Å². The van der Waals surface area contributed by atoms with Crippen molar-refractivity contribution in [2.24, 2.45) is 5.10 Å². The molecule has 0 radical (unpaired) electrons. The number of ether oxygens (including phenoxy) is 2. The molecule has 2 aromatic carbocycles. The van der Waals surface area contributed by atoms with Gasteiger partial charge in [-0.15, -0.1) is 0 Å². The van der Waals surface area contributed by atoms with Gasteiger partial charge >= 0.3 is 0 Å². The van der Waals surface area contributed by atoms with E-state index in [1.165, 1.54) is 5.01 Å². The number of hydrazone groups is 1. The third kappa shape index (κ3) is 3.43. The third-order valence-electron chi connectivity index (χ3n) is 4.10. The molecular weight excluding hydrogens is 363 g/mol. The van der Waals surface area contributed by atoms with Crippen LogP contribution in [0.15, 0.2) is 41.5 Å². The highest BCUT2D eigenvalue weighted by atomic mass is 35.5. The second kappa shape index (κ2) is 7.33. The lowest BCUT2D eigenvalue weighted by Crippen LogP contribution is -2.17. The number of hydrogen-bond donors (Lipinski definition) is 0. The average Bonchev–Trinajstić information content (AvgIpc) is 3.07. The van der Waals surface area contributed by atoms with Crippen molar-refractivity contribution in [2.75, 3.05) is 14.2 Å². The highest BCUT2D eigenvalue weighted by molar-refractivity contribution is 6.42. The van der Waals surface area contributed by atoms with Gasteiger partial charge in [-0.3, -0.25) is 4.79 Å². The minimum absolute atomic E-state index is 0.221. The molecule has 25 heavy (non-hydrogen) atoms. The predicted molar refractivity (Wildman–Crippen MR) is 97.8 cm³/mol. The van der Waals surface area contributed by atoms with Crippen molar-refractivity contribution in [3.63, 3.8) is 0 Å². The van der Waals surface area contributed by atoms with Crippen molar-refractivity contribution in [1.29, 1.82) is 0 Å². The summed E-state index contributed by atoms with van der Waals surface area (Å²) in [6.07, 6.45) is 1.28. The fourth-order valence-electron chi connectivity index (χ4n) is 2.81. The smallest absolute Gasteiger partial charge is 0.230 e.